The van der Waals surface area contributed by atoms with Gasteiger partial charge in [-0.2, -0.15) is 0 Å². The summed E-state index contributed by atoms with van der Waals surface area (Å²) in [4.78, 5) is 13.4. The van der Waals surface area contributed by atoms with Crippen LogP contribution >= 0.6 is 11.6 Å². The summed E-state index contributed by atoms with van der Waals surface area (Å²) >= 11 is 6.02. The molecule has 8 heteroatoms. The molecule has 0 fully saturated rings. The molecule has 0 bridgehead atoms. The summed E-state index contributed by atoms with van der Waals surface area (Å²) in [6, 6.07) is 7.58. The smallest absolute Gasteiger partial charge is 0.290 e. The van der Waals surface area contributed by atoms with Gasteiger partial charge >= 0.3 is 0 Å². The fourth-order valence-corrected chi connectivity index (χ4v) is 1.50. The van der Waals surface area contributed by atoms with Crippen molar-refractivity contribution in [1.82, 2.24) is 10.9 Å². The first kappa shape index (κ1) is 20.0. The first-order chi connectivity index (χ1) is 10.5. The van der Waals surface area contributed by atoms with Gasteiger partial charge in [-0.05, 0) is 29.1 Å². The third-order valence-corrected chi connectivity index (χ3v) is 2.77. The Bertz CT molecular complexity index is 455. The van der Waals surface area contributed by atoms with Gasteiger partial charge in [-0.3, -0.25) is 10.2 Å². The molecule has 0 radical (unpaired) electrons. The molecule has 0 amide bonds. The molecule has 0 spiro atoms. The normalized spacial score (nSPS) is 10.6. The van der Waals surface area contributed by atoms with E-state index >= 15 is 0 Å². The van der Waals surface area contributed by atoms with Crippen LogP contribution < -0.4 is 16.6 Å². The Morgan fingerprint density at radius 3 is 2.73 bits per heavy atom. The highest BCUT2D eigenvalue weighted by molar-refractivity contribution is 6.31. The summed E-state index contributed by atoms with van der Waals surface area (Å²) in [5.74, 6) is 0.776. The molecule has 0 aromatic heterocycles. The van der Waals surface area contributed by atoms with Crippen molar-refractivity contribution in [1.29, 1.82) is 0 Å². The Morgan fingerprint density at radius 2 is 2.14 bits per heavy atom. The molecule has 22 heavy (non-hydrogen) atoms. The highest BCUT2D eigenvalue weighted by Crippen LogP contribution is 2.13. The topological polar surface area (TPSA) is 109 Å². The number of carbonyl (C=O) groups is 1. The molecule has 0 heterocycles. The summed E-state index contributed by atoms with van der Waals surface area (Å²) in [7, 11) is 0. The van der Waals surface area contributed by atoms with E-state index in [1.165, 1.54) is 0 Å². The van der Waals surface area contributed by atoms with Gasteiger partial charge in [-0.15, -0.1) is 0 Å². The van der Waals surface area contributed by atoms with Crippen molar-refractivity contribution in [3.63, 3.8) is 0 Å². The first-order valence-electron chi connectivity index (χ1n) is 6.76. The third-order valence-electron chi connectivity index (χ3n) is 2.40. The summed E-state index contributed by atoms with van der Waals surface area (Å²) in [5, 5.41) is 11.3. The van der Waals surface area contributed by atoms with Crippen LogP contribution in [0.25, 0.3) is 0 Å². The van der Waals surface area contributed by atoms with Crippen molar-refractivity contribution in [2.75, 3.05) is 6.61 Å². The molecule has 0 aliphatic heterocycles. The molecule has 0 saturated heterocycles. The molecule has 1 rings (SSSR count). The van der Waals surface area contributed by atoms with E-state index in [0.717, 1.165) is 12.0 Å². The molecular formula is C14H23ClN4O3. The second kappa shape index (κ2) is 12.7. The van der Waals surface area contributed by atoms with Crippen LogP contribution in [0.3, 0.4) is 0 Å². The third kappa shape index (κ3) is 10.8. The minimum absolute atomic E-state index is 0.191. The molecule has 1 aromatic carbocycles. The molecule has 0 atom stereocenters. The molecule has 1 aromatic rings. The number of hydrazine groups is 1. The largest absolute Gasteiger partial charge is 0.483 e. The quantitative estimate of drug-likeness (QED) is 0.200. The lowest BCUT2D eigenvalue weighted by molar-refractivity contribution is -0.122. The standard InChI is InChI=1S/C13H21ClN4O.CH2O2/c1-10(2)7-8-19-18-13(15)17-16-9-11-5-3-4-6-12(11)14;2-1-3/h3-6,10,16H,7-9H2,1-2H3,(H3,15,17,18);1H,(H,2,3). The van der Waals surface area contributed by atoms with Gasteiger partial charge in [0.2, 0.25) is 5.96 Å². The minimum atomic E-state index is -0.250. The summed E-state index contributed by atoms with van der Waals surface area (Å²) in [6.45, 7) is 5.10. The number of hydrogen-bond acceptors (Lipinski definition) is 4. The van der Waals surface area contributed by atoms with Gasteiger partial charge in [0.05, 0.1) is 0 Å². The molecular weight excluding hydrogens is 308 g/mol. The van der Waals surface area contributed by atoms with E-state index < -0.39 is 0 Å². The lowest BCUT2D eigenvalue weighted by atomic mass is 10.1. The second-order valence-electron chi connectivity index (χ2n) is 4.67. The molecule has 7 nitrogen and oxygen atoms in total. The Morgan fingerprint density at radius 1 is 1.50 bits per heavy atom. The van der Waals surface area contributed by atoms with E-state index in [0.29, 0.717) is 24.1 Å². The molecule has 124 valence electrons. The van der Waals surface area contributed by atoms with Crippen LogP contribution in [0.5, 0.6) is 0 Å². The maximum absolute atomic E-state index is 8.36. The SMILES string of the molecule is CC(C)CCON=C(N)NNCc1ccccc1Cl.O=CO. The van der Waals surface area contributed by atoms with E-state index in [9.17, 15) is 0 Å². The van der Waals surface area contributed by atoms with E-state index in [2.05, 4.69) is 29.9 Å². The summed E-state index contributed by atoms with van der Waals surface area (Å²) in [6.07, 6.45) is 0.948. The highest BCUT2D eigenvalue weighted by atomic mass is 35.5. The fraction of sp³-hybridized carbons (Fsp3) is 0.429. The van der Waals surface area contributed by atoms with Crippen LogP contribution in [0.4, 0.5) is 0 Å². The lowest BCUT2D eigenvalue weighted by Crippen LogP contribution is -2.42. The molecule has 0 aliphatic carbocycles. The monoisotopic (exact) mass is 330 g/mol. The van der Waals surface area contributed by atoms with Gasteiger partial charge in [0, 0.05) is 11.6 Å². The number of carboxylic acid groups (broad SMARTS) is 1. The van der Waals surface area contributed by atoms with Crippen LogP contribution in [0.1, 0.15) is 25.8 Å². The van der Waals surface area contributed by atoms with Gasteiger partial charge < -0.3 is 15.7 Å². The maximum Gasteiger partial charge on any atom is 0.290 e. The van der Waals surface area contributed by atoms with Gasteiger partial charge in [-0.1, -0.05) is 43.6 Å². The first-order valence-corrected chi connectivity index (χ1v) is 7.14. The van der Waals surface area contributed by atoms with Gasteiger partial charge in [-0.25, -0.2) is 5.43 Å². The van der Waals surface area contributed by atoms with Crippen molar-refractivity contribution >= 4 is 24.0 Å². The van der Waals surface area contributed by atoms with Gasteiger partial charge in [0.25, 0.3) is 6.47 Å². The summed E-state index contributed by atoms with van der Waals surface area (Å²) < 4.78 is 0. The van der Waals surface area contributed by atoms with Crippen LogP contribution in [0.15, 0.2) is 29.4 Å². The van der Waals surface area contributed by atoms with Crippen LogP contribution in [-0.2, 0) is 16.2 Å². The van der Waals surface area contributed by atoms with E-state index in [4.69, 9.17) is 32.1 Å². The average molecular weight is 331 g/mol. The maximum atomic E-state index is 8.36. The number of nitrogens with one attached hydrogen (secondary N) is 2. The zero-order chi connectivity index (χ0) is 16.8. The lowest BCUT2D eigenvalue weighted by Gasteiger charge is -2.09. The Hall–Kier alpha value is -1.99. The number of halogens is 1. The van der Waals surface area contributed by atoms with Crippen molar-refractivity contribution in [3.8, 4) is 0 Å². The molecule has 0 saturated carbocycles. The Kier molecular flexibility index (Phi) is 11.6. The number of rotatable bonds is 7. The van der Waals surface area contributed by atoms with Crippen LogP contribution in [-0.4, -0.2) is 24.1 Å². The number of benzene rings is 1. The van der Waals surface area contributed by atoms with Crippen molar-refractivity contribution < 1.29 is 14.7 Å². The van der Waals surface area contributed by atoms with Crippen molar-refractivity contribution in [2.45, 2.75) is 26.8 Å². The minimum Gasteiger partial charge on any atom is -0.483 e. The van der Waals surface area contributed by atoms with Gasteiger partial charge in [0.1, 0.15) is 6.61 Å². The Balaban J connectivity index is 0.00000135. The molecule has 5 N–H and O–H groups in total. The summed E-state index contributed by atoms with van der Waals surface area (Å²) in [5.41, 5.74) is 12.3. The fourth-order valence-electron chi connectivity index (χ4n) is 1.30. The van der Waals surface area contributed by atoms with Gasteiger partial charge in [0.15, 0.2) is 0 Å². The number of nitrogens with two attached hydrogens (primary N) is 1. The van der Waals surface area contributed by atoms with Crippen LogP contribution in [0, 0.1) is 5.92 Å². The second-order valence-corrected chi connectivity index (χ2v) is 5.07. The predicted octanol–water partition coefficient (Wildman–Crippen LogP) is 1.93. The van der Waals surface area contributed by atoms with Crippen molar-refractivity contribution in [3.05, 3.63) is 34.9 Å². The van der Waals surface area contributed by atoms with E-state index in [1.54, 1.807) is 0 Å². The highest BCUT2D eigenvalue weighted by Gasteiger charge is 1.98. The predicted molar refractivity (Wildman–Crippen MR) is 87.1 cm³/mol. The molecule has 0 unspecified atom stereocenters. The zero-order valence-corrected chi connectivity index (χ0v) is 13.5. The average Bonchev–Trinajstić information content (AvgIpc) is 2.46. The van der Waals surface area contributed by atoms with E-state index in [1.807, 2.05) is 24.3 Å². The van der Waals surface area contributed by atoms with E-state index in [-0.39, 0.29) is 12.4 Å². The zero-order valence-electron chi connectivity index (χ0n) is 12.8. The Labute approximate surface area is 135 Å². The number of hydrogen-bond donors (Lipinski definition) is 4. The number of guanidine groups is 1. The van der Waals surface area contributed by atoms with Crippen molar-refractivity contribution in [2.24, 2.45) is 16.8 Å². The number of oxime groups is 1. The molecule has 0 aliphatic rings. The van der Waals surface area contributed by atoms with Crippen LogP contribution in [0.2, 0.25) is 5.02 Å². The number of nitrogens with zero attached hydrogens (tertiary/aromatic N) is 1.